The molecule has 0 aliphatic heterocycles. The molecule has 0 unspecified atom stereocenters. The van der Waals surface area contributed by atoms with Crippen LogP contribution < -0.4 is 0 Å². The third-order valence-electron chi connectivity index (χ3n) is 3.28. The van der Waals surface area contributed by atoms with Gasteiger partial charge in [-0.2, -0.15) is 0 Å². The van der Waals surface area contributed by atoms with Gasteiger partial charge in [-0.1, -0.05) is 79.8 Å². The minimum atomic E-state index is -0.815. The Morgan fingerprint density at radius 3 is 1.85 bits per heavy atom. The molecule has 0 amide bonds. The molecule has 4 nitrogen and oxygen atoms in total. The van der Waals surface area contributed by atoms with Gasteiger partial charge in [0.1, 0.15) is 0 Å². The van der Waals surface area contributed by atoms with Crippen molar-refractivity contribution in [3.8, 4) is 0 Å². The van der Waals surface area contributed by atoms with Gasteiger partial charge in [0.15, 0.2) is 0 Å². The molecule has 0 aliphatic carbocycles. The van der Waals surface area contributed by atoms with E-state index < -0.39 is 18.2 Å². The highest BCUT2D eigenvalue weighted by molar-refractivity contribution is 5.66. The molecule has 0 aromatic carbocycles. The van der Waals surface area contributed by atoms with Gasteiger partial charge in [0.05, 0.1) is 12.2 Å². The fourth-order valence-corrected chi connectivity index (χ4v) is 1.90. The van der Waals surface area contributed by atoms with Gasteiger partial charge in [0.25, 0.3) is 0 Å². The largest absolute Gasteiger partial charge is 0.481 e. The number of hydrogen-bond acceptors (Lipinski definition) is 3. The summed E-state index contributed by atoms with van der Waals surface area (Å²) in [5, 5.41) is 27.9. The van der Waals surface area contributed by atoms with Crippen LogP contribution in [0.4, 0.5) is 0 Å². The van der Waals surface area contributed by atoms with Crippen molar-refractivity contribution in [2.24, 2.45) is 0 Å². The van der Waals surface area contributed by atoms with Gasteiger partial charge in [-0.15, -0.1) is 0 Å². The lowest BCUT2D eigenvalue weighted by Crippen LogP contribution is -1.99. The lowest BCUT2D eigenvalue weighted by Gasteiger charge is -1.99. The first-order chi connectivity index (χ1) is 12.6. The van der Waals surface area contributed by atoms with Gasteiger partial charge in [0, 0.05) is 6.42 Å². The Bertz CT molecular complexity index is 524. The number of carboxylic acid groups (broad SMARTS) is 1. The summed E-state index contributed by atoms with van der Waals surface area (Å²) in [7, 11) is 0. The Balaban J connectivity index is 3.85. The highest BCUT2D eigenvalue weighted by Crippen LogP contribution is 2.00. The van der Waals surface area contributed by atoms with Crippen molar-refractivity contribution in [2.45, 2.75) is 57.7 Å². The monoisotopic (exact) mass is 360 g/mol. The number of carboxylic acids is 1. The Morgan fingerprint density at radius 1 is 0.808 bits per heavy atom. The van der Waals surface area contributed by atoms with Gasteiger partial charge in [-0.3, -0.25) is 4.79 Å². The van der Waals surface area contributed by atoms with Crippen LogP contribution in [0.1, 0.15) is 45.4 Å². The molecule has 26 heavy (non-hydrogen) atoms. The van der Waals surface area contributed by atoms with Gasteiger partial charge >= 0.3 is 5.97 Å². The molecule has 2 atom stereocenters. The van der Waals surface area contributed by atoms with Crippen LogP contribution in [-0.2, 0) is 4.79 Å². The second kappa shape index (κ2) is 17.6. The van der Waals surface area contributed by atoms with Crippen LogP contribution in [0.2, 0.25) is 0 Å². The van der Waals surface area contributed by atoms with Crippen molar-refractivity contribution in [3.05, 3.63) is 72.9 Å². The van der Waals surface area contributed by atoms with Crippen LogP contribution in [0.3, 0.4) is 0 Å². The van der Waals surface area contributed by atoms with Gasteiger partial charge in [-0.05, 0) is 32.1 Å². The summed E-state index contributed by atoms with van der Waals surface area (Å²) in [6.45, 7) is 2.06. The fourth-order valence-electron chi connectivity index (χ4n) is 1.90. The van der Waals surface area contributed by atoms with Gasteiger partial charge in [0.2, 0.25) is 0 Å². The van der Waals surface area contributed by atoms with E-state index in [4.69, 9.17) is 5.11 Å². The maximum Gasteiger partial charge on any atom is 0.303 e. The number of aliphatic hydroxyl groups is 2. The van der Waals surface area contributed by atoms with Gasteiger partial charge < -0.3 is 15.3 Å². The molecule has 0 saturated heterocycles. The molecule has 3 N–H and O–H groups in total. The molecule has 0 aromatic heterocycles. The number of aliphatic hydroxyl groups excluding tert-OH is 2. The lowest BCUT2D eigenvalue weighted by atomic mass is 10.2. The smallest absolute Gasteiger partial charge is 0.303 e. The van der Waals surface area contributed by atoms with Crippen molar-refractivity contribution >= 4 is 5.97 Å². The second-order valence-corrected chi connectivity index (χ2v) is 5.75. The SMILES string of the molecule is CC/C=C\C[C@H](O)/C=C/C=C\C/C=C\C=C\[C@@H](O)C/C=C\CCC(=O)O. The quantitative estimate of drug-likeness (QED) is 0.315. The number of hydrogen-bond donors (Lipinski definition) is 3. The summed E-state index contributed by atoms with van der Waals surface area (Å²) in [6.07, 6.45) is 24.9. The van der Waals surface area contributed by atoms with Crippen LogP contribution >= 0.6 is 0 Å². The van der Waals surface area contributed by atoms with E-state index in [2.05, 4.69) is 6.92 Å². The van der Waals surface area contributed by atoms with E-state index >= 15 is 0 Å². The maximum atomic E-state index is 10.3. The molecule has 0 aromatic rings. The van der Waals surface area contributed by atoms with E-state index in [1.807, 2.05) is 42.5 Å². The molecule has 144 valence electrons. The number of allylic oxidation sites excluding steroid dienone is 8. The minimum Gasteiger partial charge on any atom is -0.481 e. The number of aliphatic carboxylic acids is 1. The summed E-state index contributed by atoms with van der Waals surface area (Å²) in [5.41, 5.74) is 0. The van der Waals surface area contributed by atoms with Crippen molar-refractivity contribution in [3.63, 3.8) is 0 Å². The lowest BCUT2D eigenvalue weighted by molar-refractivity contribution is -0.136. The molecule has 0 rings (SSSR count). The minimum absolute atomic E-state index is 0.114. The molecule has 0 spiro atoms. The highest BCUT2D eigenvalue weighted by Gasteiger charge is 1.95. The third kappa shape index (κ3) is 18.2. The molecule has 0 radical (unpaired) electrons. The third-order valence-corrected chi connectivity index (χ3v) is 3.28. The van der Waals surface area contributed by atoms with Crippen molar-refractivity contribution in [1.29, 1.82) is 0 Å². The van der Waals surface area contributed by atoms with Crippen molar-refractivity contribution in [2.75, 3.05) is 0 Å². The summed E-state index contributed by atoms with van der Waals surface area (Å²) in [6, 6.07) is 0. The molecular formula is C22H32O4. The number of carbonyl (C=O) groups is 1. The highest BCUT2D eigenvalue weighted by atomic mass is 16.4. The Kier molecular flexibility index (Phi) is 16.2. The molecule has 4 heteroatoms. The topological polar surface area (TPSA) is 77.8 Å². The molecule has 0 bridgehead atoms. The number of rotatable bonds is 14. The predicted molar refractivity (Wildman–Crippen MR) is 108 cm³/mol. The van der Waals surface area contributed by atoms with E-state index in [1.54, 1.807) is 30.4 Å². The zero-order chi connectivity index (χ0) is 19.5. The zero-order valence-electron chi connectivity index (χ0n) is 15.6. The normalized spacial score (nSPS) is 15.5. The summed E-state index contributed by atoms with van der Waals surface area (Å²) in [4.78, 5) is 10.3. The van der Waals surface area contributed by atoms with Crippen LogP contribution in [0, 0.1) is 0 Å². The zero-order valence-corrected chi connectivity index (χ0v) is 15.6. The van der Waals surface area contributed by atoms with E-state index in [0.717, 1.165) is 12.8 Å². The summed E-state index contributed by atoms with van der Waals surface area (Å²) < 4.78 is 0. The molecule has 0 fully saturated rings. The van der Waals surface area contributed by atoms with Crippen LogP contribution in [0.5, 0.6) is 0 Å². The Labute approximate surface area is 157 Å². The fraction of sp³-hybridized carbons (Fsp3) is 0.409. The average molecular weight is 360 g/mol. The molecule has 0 heterocycles. The Morgan fingerprint density at radius 2 is 1.35 bits per heavy atom. The van der Waals surface area contributed by atoms with E-state index in [9.17, 15) is 15.0 Å². The van der Waals surface area contributed by atoms with E-state index in [0.29, 0.717) is 19.3 Å². The molecule has 0 saturated carbocycles. The first kappa shape index (κ1) is 23.8. The first-order valence-corrected chi connectivity index (χ1v) is 9.10. The van der Waals surface area contributed by atoms with Crippen molar-refractivity contribution in [1.82, 2.24) is 0 Å². The second-order valence-electron chi connectivity index (χ2n) is 5.75. The molecule has 0 aliphatic rings. The van der Waals surface area contributed by atoms with Crippen LogP contribution in [-0.4, -0.2) is 33.5 Å². The van der Waals surface area contributed by atoms with Crippen LogP contribution in [0.15, 0.2) is 72.9 Å². The summed E-state index contributed by atoms with van der Waals surface area (Å²) >= 11 is 0. The van der Waals surface area contributed by atoms with Crippen LogP contribution in [0.25, 0.3) is 0 Å². The standard InChI is InChI=1S/C22H32O4/c1-2-3-10-15-20(23)16-11-7-5-4-6-8-12-17-21(24)18-13-9-14-19-22(25)26/h3,5-13,16-17,20-21,23-24H,2,4,14-15,18-19H2,1H3,(H,25,26)/b7-5-,8-6-,10-3-,13-9-,16-11+,17-12+/t20-,21+/m0/s1. The average Bonchev–Trinajstić information content (AvgIpc) is 2.60. The summed E-state index contributed by atoms with van der Waals surface area (Å²) in [5.74, 6) is -0.815. The maximum absolute atomic E-state index is 10.3. The van der Waals surface area contributed by atoms with E-state index in [-0.39, 0.29) is 6.42 Å². The first-order valence-electron chi connectivity index (χ1n) is 9.10. The van der Waals surface area contributed by atoms with Gasteiger partial charge in [-0.25, -0.2) is 0 Å². The van der Waals surface area contributed by atoms with Crippen molar-refractivity contribution < 1.29 is 20.1 Å². The molecular weight excluding hydrogens is 328 g/mol. The van der Waals surface area contributed by atoms with E-state index in [1.165, 1.54) is 0 Å². The predicted octanol–water partition coefficient (Wildman–Crippen LogP) is 4.49. The Hall–Kier alpha value is -2.17.